The minimum absolute atomic E-state index is 0.259. The van der Waals surface area contributed by atoms with Gasteiger partial charge in [0.15, 0.2) is 5.78 Å². The summed E-state index contributed by atoms with van der Waals surface area (Å²) in [7, 11) is 0. The molecule has 0 fully saturated rings. The SMILES string of the molecule is CC(C)(C)c1ccc(/C(=C\C(F)(F)C(F)(F)C(F)(F)C(F)(F)F)C(=O)c2ccccc2)cc1. The Labute approximate surface area is 183 Å². The lowest BCUT2D eigenvalue weighted by Crippen LogP contribution is -2.60. The Morgan fingerprint density at radius 1 is 0.667 bits per heavy atom. The van der Waals surface area contributed by atoms with Crippen molar-refractivity contribution in [2.24, 2.45) is 0 Å². The second-order valence-corrected chi connectivity index (χ2v) is 8.35. The summed E-state index contributed by atoms with van der Waals surface area (Å²) in [5.74, 6) is -21.2. The number of hydrogen-bond acceptors (Lipinski definition) is 1. The number of ketones is 1. The van der Waals surface area contributed by atoms with Gasteiger partial charge in [0.2, 0.25) is 0 Å². The van der Waals surface area contributed by atoms with Crippen molar-refractivity contribution in [1.29, 1.82) is 0 Å². The fourth-order valence-corrected chi connectivity index (χ4v) is 2.83. The smallest absolute Gasteiger partial charge is 0.289 e. The number of Topliss-reactive ketones (excluding diaryl/α,β-unsaturated/α-hetero) is 1. The second-order valence-electron chi connectivity index (χ2n) is 8.35. The van der Waals surface area contributed by atoms with Crippen molar-refractivity contribution in [2.45, 2.75) is 50.1 Å². The first-order valence-electron chi connectivity index (χ1n) is 9.46. The second kappa shape index (κ2) is 8.53. The normalized spacial score (nSPS) is 14.4. The highest BCUT2D eigenvalue weighted by molar-refractivity contribution is 6.29. The summed E-state index contributed by atoms with van der Waals surface area (Å²) >= 11 is 0. The van der Waals surface area contributed by atoms with Crippen LogP contribution in [0.5, 0.6) is 0 Å². The average Bonchev–Trinajstić information content (AvgIpc) is 2.70. The Morgan fingerprint density at radius 3 is 1.58 bits per heavy atom. The van der Waals surface area contributed by atoms with Crippen LogP contribution in [0.4, 0.5) is 39.5 Å². The standard InChI is InChI=1S/C23H19F9O/c1-19(2,3)16-11-9-14(10-12-16)17(18(33)15-7-5-4-6-8-15)13-20(24,25)21(26,27)22(28,29)23(30,31)32/h4-13H,1-3H3/b17-13+. The molecule has 1 nitrogen and oxygen atoms in total. The van der Waals surface area contributed by atoms with E-state index in [2.05, 4.69) is 0 Å². The molecule has 0 aliphatic carbocycles. The number of rotatable bonds is 6. The maximum Gasteiger partial charge on any atom is 0.460 e. The largest absolute Gasteiger partial charge is 0.460 e. The number of carbonyl (C=O) groups excluding carboxylic acids is 1. The van der Waals surface area contributed by atoms with Gasteiger partial charge < -0.3 is 0 Å². The van der Waals surface area contributed by atoms with Crippen LogP contribution in [0, 0.1) is 0 Å². The van der Waals surface area contributed by atoms with E-state index in [0.29, 0.717) is 5.56 Å². The van der Waals surface area contributed by atoms with E-state index < -0.39 is 46.8 Å². The summed E-state index contributed by atoms with van der Waals surface area (Å²) in [6.07, 6.45) is -7.78. The average molecular weight is 482 g/mol. The van der Waals surface area contributed by atoms with Gasteiger partial charge in [-0.1, -0.05) is 75.4 Å². The molecule has 0 radical (unpaired) electrons. The summed E-state index contributed by atoms with van der Waals surface area (Å²) in [6, 6.07) is 11.5. The molecule has 0 atom stereocenters. The molecule has 0 saturated heterocycles. The molecule has 0 heterocycles. The molecule has 0 bridgehead atoms. The molecule has 0 unspecified atom stereocenters. The topological polar surface area (TPSA) is 17.1 Å². The Kier molecular flexibility index (Phi) is 6.85. The highest BCUT2D eigenvalue weighted by Crippen LogP contribution is 2.54. The quantitative estimate of drug-likeness (QED) is 0.234. The van der Waals surface area contributed by atoms with Gasteiger partial charge in [0.25, 0.3) is 0 Å². The maximum atomic E-state index is 14.3. The van der Waals surface area contributed by atoms with Crippen LogP contribution in [-0.2, 0) is 5.41 Å². The van der Waals surface area contributed by atoms with Gasteiger partial charge in [0.05, 0.1) is 0 Å². The molecule has 0 amide bonds. The fraction of sp³-hybridized carbons (Fsp3) is 0.348. The molecule has 0 aromatic heterocycles. The van der Waals surface area contributed by atoms with E-state index in [9.17, 15) is 44.3 Å². The zero-order chi connectivity index (χ0) is 25.5. The zero-order valence-electron chi connectivity index (χ0n) is 17.6. The number of hydrogen-bond donors (Lipinski definition) is 0. The lowest BCUT2D eigenvalue weighted by atomic mass is 9.85. The van der Waals surface area contributed by atoms with E-state index in [4.69, 9.17) is 0 Å². The number of carbonyl (C=O) groups is 1. The number of allylic oxidation sites excluding steroid dienone is 2. The Hall–Kier alpha value is -2.78. The molecule has 0 spiro atoms. The van der Waals surface area contributed by atoms with E-state index in [1.807, 2.05) is 20.8 Å². The molecule has 33 heavy (non-hydrogen) atoms. The Balaban J connectivity index is 2.70. The maximum absolute atomic E-state index is 14.3. The molecule has 0 aliphatic heterocycles. The number of alkyl halides is 9. The third kappa shape index (κ3) is 5.09. The fourth-order valence-electron chi connectivity index (χ4n) is 2.83. The highest BCUT2D eigenvalue weighted by Gasteiger charge is 2.81. The van der Waals surface area contributed by atoms with Gasteiger partial charge in [-0.05, 0) is 16.5 Å². The van der Waals surface area contributed by atoms with Crippen molar-refractivity contribution in [3.8, 4) is 0 Å². The van der Waals surface area contributed by atoms with Crippen LogP contribution in [-0.4, -0.2) is 29.7 Å². The van der Waals surface area contributed by atoms with E-state index in [-0.39, 0.29) is 11.1 Å². The highest BCUT2D eigenvalue weighted by atomic mass is 19.4. The van der Waals surface area contributed by atoms with Crippen molar-refractivity contribution in [2.75, 3.05) is 0 Å². The predicted octanol–water partition coefficient (Wildman–Crippen LogP) is 7.72. The van der Waals surface area contributed by atoms with Crippen LogP contribution in [0.15, 0.2) is 60.7 Å². The summed E-state index contributed by atoms with van der Waals surface area (Å²) in [5, 5.41) is 0. The van der Waals surface area contributed by atoms with Crippen molar-refractivity contribution in [3.05, 3.63) is 77.4 Å². The van der Waals surface area contributed by atoms with Crippen LogP contribution in [0.2, 0.25) is 0 Å². The lowest BCUT2D eigenvalue weighted by molar-refractivity contribution is -0.388. The van der Waals surface area contributed by atoms with E-state index in [1.54, 1.807) is 0 Å². The minimum atomic E-state index is -7.06. The minimum Gasteiger partial charge on any atom is -0.289 e. The first kappa shape index (κ1) is 26.5. The molecular formula is C23H19F9O. The molecule has 2 rings (SSSR count). The number of halogens is 9. The van der Waals surface area contributed by atoms with Gasteiger partial charge in [-0.25, -0.2) is 0 Å². The summed E-state index contributed by atoms with van der Waals surface area (Å²) < 4.78 is 120. The third-order valence-corrected chi connectivity index (χ3v) is 4.84. The third-order valence-electron chi connectivity index (χ3n) is 4.84. The molecule has 10 heteroatoms. The van der Waals surface area contributed by atoms with Gasteiger partial charge in [-0.2, -0.15) is 39.5 Å². The zero-order valence-corrected chi connectivity index (χ0v) is 17.6. The molecule has 0 N–H and O–H groups in total. The van der Waals surface area contributed by atoms with E-state index >= 15 is 0 Å². The van der Waals surface area contributed by atoms with Crippen molar-refractivity contribution in [3.63, 3.8) is 0 Å². The van der Waals surface area contributed by atoms with Crippen molar-refractivity contribution >= 4 is 11.4 Å². The van der Waals surface area contributed by atoms with Gasteiger partial charge >= 0.3 is 23.9 Å². The molecule has 0 saturated carbocycles. The van der Waals surface area contributed by atoms with Crippen LogP contribution < -0.4 is 0 Å². The predicted molar refractivity (Wildman–Crippen MR) is 105 cm³/mol. The molecule has 180 valence electrons. The van der Waals surface area contributed by atoms with Gasteiger partial charge in [0, 0.05) is 17.2 Å². The Morgan fingerprint density at radius 2 is 1.15 bits per heavy atom. The van der Waals surface area contributed by atoms with E-state index in [1.165, 1.54) is 30.3 Å². The summed E-state index contributed by atoms with van der Waals surface area (Å²) in [5.41, 5.74) is -1.52. The molecular weight excluding hydrogens is 463 g/mol. The first-order valence-corrected chi connectivity index (χ1v) is 9.46. The lowest BCUT2D eigenvalue weighted by Gasteiger charge is -2.32. The molecule has 2 aromatic rings. The van der Waals surface area contributed by atoms with Crippen LogP contribution >= 0.6 is 0 Å². The van der Waals surface area contributed by atoms with Gasteiger partial charge in [0.1, 0.15) is 0 Å². The van der Waals surface area contributed by atoms with Crippen LogP contribution in [0.1, 0.15) is 42.3 Å². The van der Waals surface area contributed by atoms with Crippen molar-refractivity contribution in [1.82, 2.24) is 0 Å². The Bertz CT molecular complexity index is 1010. The summed E-state index contributed by atoms with van der Waals surface area (Å²) in [4.78, 5) is 12.8. The molecule has 0 aliphatic rings. The number of benzene rings is 2. The van der Waals surface area contributed by atoms with Crippen LogP contribution in [0.3, 0.4) is 0 Å². The first-order chi connectivity index (χ1) is 14.8. The van der Waals surface area contributed by atoms with Crippen LogP contribution in [0.25, 0.3) is 5.57 Å². The van der Waals surface area contributed by atoms with E-state index in [0.717, 1.165) is 24.3 Å². The summed E-state index contributed by atoms with van der Waals surface area (Å²) in [6.45, 7) is 5.42. The molecule has 2 aromatic carbocycles. The monoisotopic (exact) mass is 482 g/mol. The van der Waals surface area contributed by atoms with Gasteiger partial charge in [-0.15, -0.1) is 0 Å². The van der Waals surface area contributed by atoms with Crippen molar-refractivity contribution < 1.29 is 44.3 Å². The van der Waals surface area contributed by atoms with Gasteiger partial charge in [-0.3, -0.25) is 4.79 Å².